The summed E-state index contributed by atoms with van der Waals surface area (Å²) in [5.41, 5.74) is 11.6. The average molecular weight is 435 g/mol. The number of nitrogen functional groups attached to an aromatic ring is 1. The fourth-order valence-electron chi connectivity index (χ4n) is 4.00. The maximum absolute atomic E-state index is 12.8. The van der Waals surface area contributed by atoms with Crippen molar-refractivity contribution < 1.29 is 14.3 Å². The number of thiophene rings is 1. The zero-order valence-corrected chi connectivity index (χ0v) is 18.4. The zero-order chi connectivity index (χ0) is 21.8. The molecule has 0 bridgehead atoms. The van der Waals surface area contributed by atoms with Crippen molar-refractivity contribution in [3.05, 3.63) is 81.2 Å². The number of hydrogen-bond acceptors (Lipinski definition) is 5. The first-order valence-electron chi connectivity index (χ1n) is 10.5. The molecule has 2 aromatic carbocycles. The molecule has 0 unspecified atom stereocenters. The lowest BCUT2D eigenvalue weighted by Crippen LogP contribution is -2.16. The molecular formula is C25H26N2O3S. The summed E-state index contributed by atoms with van der Waals surface area (Å²) >= 11 is 1.56. The Labute approximate surface area is 186 Å². The van der Waals surface area contributed by atoms with E-state index in [9.17, 15) is 9.59 Å². The summed E-state index contributed by atoms with van der Waals surface area (Å²) < 4.78 is 4.73. The highest BCUT2D eigenvalue weighted by molar-refractivity contribution is 7.16. The van der Waals surface area contributed by atoms with Crippen LogP contribution in [0.1, 0.15) is 55.1 Å². The van der Waals surface area contributed by atoms with Crippen molar-refractivity contribution in [1.82, 2.24) is 0 Å². The molecule has 160 valence electrons. The third-order valence-electron chi connectivity index (χ3n) is 5.71. The van der Waals surface area contributed by atoms with Crippen molar-refractivity contribution in [2.45, 2.75) is 38.5 Å². The van der Waals surface area contributed by atoms with Gasteiger partial charge in [-0.1, -0.05) is 24.3 Å². The number of fused-ring (bicyclic) bond motifs is 1. The summed E-state index contributed by atoms with van der Waals surface area (Å²) in [6.45, 7) is 0. The van der Waals surface area contributed by atoms with Crippen molar-refractivity contribution in [2.75, 3.05) is 18.2 Å². The molecule has 1 heterocycles. The normalized spacial score (nSPS) is 12.8. The standard InChI is InChI=1S/C25H26N2O3S/c1-30-25(29)18-12-8-16(9-13-18)6-7-17-10-14-19(15-11-17)27-24(28)22-20-4-2-3-5-21(20)31-23(22)26/h8-15H,2-7,26H2,1H3,(H,27,28). The van der Waals surface area contributed by atoms with Gasteiger partial charge in [-0.05, 0) is 79.5 Å². The lowest BCUT2D eigenvalue weighted by molar-refractivity contribution is 0.0600. The third kappa shape index (κ3) is 4.80. The molecule has 1 aliphatic rings. The SMILES string of the molecule is COC(=O)c1ccc(CCc2ccc(NC(=O)c3c(N)sc4c3CCCC4)cc2)cc1. The van der Waals surface area contributed by atoms with E-state index >= 15 is 0 Å². The number of benzene rings is 2. The molecule has 5 nitrogen and oxygen atoms in total. The molecule has 1 aromatic heterocycles. The maximum Gasteiger partial charge on any atom is 0.337 e. The van der Waals surface area contributed by atoms with E-state index in [2.05, 4.69) is 5.32 Å². The molecule has 31 heavy (non-hydrogen) atoms. The van der Waals surface area contributed by atoms with Crippen LogP contribution in [0.4, 0.5) is 10.7 Å². The molecule has 0 aliphatic heterocycles. The Morgan fingerprint density at radius 2 is 1.58 bits per heavy atom. The lowest BCUT2D eigenvalue weighted by Gasteiger charge is -2.13. The zero-order valence-electron chi connectivity index (χ0n) is 17.6. The number of amides is 1. The fourth-order valence-corrected chi connectivity index (χ4v) is 5.16. The average Bonchev–Trinajstić information content (AvgIpc) is 3.14. The number of rotatable bonds is 6. The van der Waals surface area contributed by atoms with Gasteiger partial charge in [0, 0.05) is 10.6 Å². The highest BCUT2D eigenvalue weighted by atomic mass is 32.1. The van der Waals surface area contributed by atoms with Gasteiger partial charge in [0.2, 0.25) is 0 Å². The second-order valence-electron chi connectivity index (χ2n) is 7.79. The van der Waals surface area contributed by atoms with Crippen LogP contribution in [0.2, 0.25) is 0 Å². The van der Waals surface area contributed by atoms with Gasteiger partial charge in [0.15, 0.2) is 0 Å². The van der Waals surface area contributed by atoms with E-state index in [0.29, 0.717) is 16.1 Å². The van der Waals surface area contributed by atoms with Gasteiger partial charge >= 0.3 is 5.97 Å². The van der Waals surface area contributed by atoms with Crippen LogP contribution in [0.25, 0.3) is 0 Å². The number of ether oxygens (including phenoxy) is 1. The molecular weight excluding hydrogens is 408 g/mol. The number of nitrogens with two attached hydrogens (primary N) is 1. The number of hydrogen-bond donors (Lipinski definition) is 2. The smallest absolute Gasteiger partial charge is 0.337 e. The topological polar surface area (TPSA) is 81.4 Å². The van der Waals surface area contributed by atoms with Crippen LogP contribution < -0.4 is 11.1 Å². The fraction of sp³-hybridized carbons (Fsp3) is 0.280. The Balaban J connectivity index is 1.36. The number of esters is 1. The van der Waals surface area contributed by atoms with Crippen LogP contribution in [0.5, 0.6) is 0 Å². The van der Waals surface area contributed by atoms with Gasteiger partial charge in [-0.25, -0.2) is 4.79 Å². The molecule has 0 spiro atoms. The molecule has 1 aliphatic carbocycles. The summed E-state index contributed by atoms with van der Waals surface area (Å²) in [6, 6.07) is 15.4. The van der Waals surface area contributed by atoms with Gasteiger partial charge < -0.3 is 15.8 Å². The Hall–Kier alpha value is -3.12. The molecule has 0 saturated heterocycles. The molecule has 3 aromatic rings. The van der Waals surface area contributed by atoms with Crippen molar-refractivity contribution in [3.8, 4) is 0 Å². The number of nitrogens with one attached hydrogen (secondary N) is 1. The van der Waals surface area contributed by atoms with E-state index in [1.807, 2.05) is 36.4 Å². The van der Waals surface area contributed by atoms with Crippen LogP contribution in [0.3, 0.4) is 0 Å². The van der Waals surface area contributed by atoms with Crippen molar-refractivity contribution in [1.29, 1.82) is 0 Å². The van der Waals surface area contributed by atoms with Crippen molar-refractivity contribution in [3.63, 3.8) is 0 Å². The maximum atomic E-state index is 12.8. The number of methoxy groups -OCH3 is 1. The van der Waals surface area contributed by atoms with Crippen molar-refractivity contribution in [2.24, 2.45) is 0 Å². The van der Waals surface area contributed by atoms with Crippen molar-refractivity contribution >= 4 is 33.9 Å². The van der Waals surface area contributed by atoms with E-state index in [-0.39, 0.29) is 11.9 Å². The monoisotopic (exact) mass is 434 g/mol. The van der Waals surface area contributed by atoms with E-state index in [0.717, 1.165) is 48.9 Å². The predicted octanol–water partition coefficient (Wildman–Crippen LogP) is 5.03. The Morgan fingerprint density at radius 3 is 2.23 bits per heavy atom. The highest BCUT2D eigenvalue weighted by Crippen LogP contribution is 2.36. The predicted molar refractivity (Wildman–Crippen MR) is 125 cm³/mol. The second kappa shape index (κ2) is 9.35. The molecule has 0 radical (unpaired) electrons. The number of carbonyl (C=O) groups excluding carboxylic acids is 2. The molecule has 3 N–H and O–H groups in total. The molecule has 6 heteroatoms. The molecule has 0 atom stereocenters. The summed E-state index contributed by atoms with van der Waals surface area (Å²) in [6.07, 6.45) is 5.99. The minimum Gasteiger partial charge on any atom is -0.465 e. The Morgan fingerprint density at radius 1 is 0.968 bits per heavy atom. The van der Waals surface area contributed by atoms with E-state index < -0.39 is 0 Å². The van der Waals surface area contributed by atoms with Gasteiger partial charge in [-0.3, -0.25) is 4.79 Å². The summed E-state index contributed by atoms with van der Waals surface area (Å²) in [7, 11) is 1.38. The van der Waals surface area contributed by atoms with Gasteiger partial charge in [-0.15, -0.1) is 11.3 Å². The van der Waals surface area contributed by atoms with Gasteiger partial charge in [0.1, 0.15) is 0 Å². The van der Waals surface area contributed by atoms with Crippen LogP contribution in [-0.2, 0) is 30.4 Å². The quantitative estimate of drug-likeness (QED) is 0.533. The molecule has 0 fully saturated rings. The Bertz CT molecular complexity index is 1090. The minimum atomic E-state index is -0.325. The van der Waals surface area contributed by atoms with Crippen LogP contribution in [0.15, 0.2) is 48.5 Å². The summed E-state index contributed by atoms with van der Waals surface area (Å²) in [5.74, 6) is -0.441. The first-order valence-corrected chi connectivity index (χ1v) is 11.3. The minimum absolute atomic E-state index is 0.115. The number of anilines is 2. The first-order chi connectivity index (χ1) is 15.0. The van der Waals surface area contributed by atoms with E-state index in [4.69, 9.17) is 10.5 Å². The Kier molecular flexibility index (Phi) is 6.37. The van der Waals surface area contributed by atoms with Gasteiger partial charge in [0.25, 0.3) is 5.91 Å². The van der Waals surface area contributed by atoms with Crippen LogP contribution in [0, 0.1) is 0 Å². The third-order valence-corrected chi connectivity index (χ3v) is 6.84. The largest absolute Gasteiger partial charge is 0.465 e. The summed E-state index contributed by atoms with van der Waals surface area (Å²) in [4.78, 5) is 25.6. The second-order valence-corrected chi connectivity index (χ2v) is 8.93. The van der Waals surface area contributed by atoms with Crippen LogP contribution >= 0.6 is 11.3 Å². The molecule has 4 rings (SSSR count). The first kappa shape index (κ1) is 21.1. The summed E-state index contributed by atoms with van der Waals surface area (Å²) in [5, 5.41) is 3.63. The highest BCUT2D eigenvalue weighted by Gasteiger charge is 2.24. The van der Waals surface area contributed by atoms with Crippen LogP contribution in [-0.4, -0.2) is 19.0 Å². The lowest BCUT2D eigenvalue weighted by atomic mass is 9.95. The van der Waals surface area contributed by atoms with Gasteiger partial charge in [0.05, 0.1) is 23.2 Å². The van der Waals surface area contributed by atoms with Gasteiger partial charge in [-0.2, -0.15) is 0 Å². The molecule has 1 amide bonds. The molecule has 0 saturated carbocycles. The number of carbonyl (C=O) groups is 2. The van der Waals surface area contributed by atoms with E-state index in [1.54, 1.807) is 23.5 Å². The van der Waals surface area contributed by atoms with E-state index in [1.165, 1.54) is 24.0 Å². The number of aryl methyl sites for hydroxylation is 3.